The number of para-hydroxylation sites is 1. The molecule has 1 fully saturated rings. The van der Waals surface area contributed by atoms with Gasteiger partial charge in [0.2, 0.25) is 0 Å². The molecule has 0 aromatic heterocycles. The number of benzene rings is 1. The lowest BCUT2D eigenvalue weighted by molar-refractivity contribution is 0.187. The van der Waals surface area contributed by atoms with Crippen LogP contribution in [0.1, 0.15) is 18.4 Å². The number of hydrogen-bond donors (Lipinski definition) is 2. The zero-order valence-corrected chi connectivity index (χ0v) is 11.1. The van der Waals surface area contributed by atoms with E-state index in [1.54, 1.807) is 0 Å². The molecule has 1 aromatic carbocycles. The van der Waals surface area contributed by atoms with Crippen molar-refractivity contribution in [2.75, 3.05) is 25.5 Å². The van der Waals surface area contributed by atoms with E-state index in [-0.39, 0.29) is 6.03 Å². The second-order valence-electron chi connectivity index (χ2n) is 4.82. The average molecular weight is 247 g/mol. The third kappa shape index (κ3) is 3.01. The summed E-state index contributed by atoms with van der Waals surface area (Å²) in [5.41, 5.74) is 1.99. The van der Waals surface area contributed by atoms with Crippen LogP contribution in [0.25, 0.3) is 0 Å². The number of likely N-dealkylation sites (N-methyl/N-ethyl adjacent to an activating group) is 1. The normalized spacial score (nSPS) is 19.7. The van der Waals surface area contributed by atoms with Gasteiger partial charge >= 0.3 is 6.03 Å². The highest BCUT2D eigenvalue weighted by Gasteiger charge is 2.22. The molecule has 98 valence electrons. The Labute approximate surface area is 108 Å². The molecule has 1 aromatic rings. The van der Waals surface area contributed by atoms with Crippen LogP contribution in [0.15, 0.2) is 24.3 Å². The van der Waals surface area contributed by atoms with Crippen molar-refractivity contribution in [3.63, 3.8) is 0 Å². The lowest BCUT2D eigenvalue weighted by Crippen LogP contribution is -2.48. The van der Waals surface area contributed by atoms with Gasteiger partial charge in [0, 0.05) is 24.8 Å². The molecule has 2 amide bonds. The zero-order valence-electron chi connectivity index (χ0n) is 11.1. The third-order valence-electron chi connectivity index (χ3n) is 3.50. The molecule has 0 aliphatic carbocycles. The molecule has 0 unspecified atom stereocenters. The van der Waals surface area contributed by atoms with Gasteiger partial charge < -0.3 is 15.5 Å². The standard InChI is InChI=1S/C14H21N3O/c1-11-6-3-4-8-13(11)16-14(18)17-9-5-7-12(10-17)15-2/h3-4,6,8,12,15H,5,7,9-10H2,1-2H3,(H,16,18)/t12-/m1/s1. The van der Waals surface area contributed by atoms with E-state index >= 15 is 0 Å². The maximum absolute atomic E-state index is 12.2. The Morgan fingerprint density at radius 3 is 2.89 bits per heavy atom. The second-order valence-corrected chi connectivity index (χ2v) is 4.82. The van der Waals surface area contributed by atoms with Crippen LogP contribution in [0.2, 0.25) is 0 Å². The molecular formula is C14H21N3O. The van der Waals surface area contributed by atoms with Gasteiger partial charge in [0.05, 0.1) is 0 Å². The van der Waals surface area contributed by atoms with Crippen LogP contribution in [0, 0.1) is 6.92 Å². The van der Waals surface area contributed by atoms with Crippen LogP contribution >= 0.6 is 0 Å². The third-order valence-corrected chi connectivity index (χ3v) is 3.50. The number of hydrogen-bond acceptors (Lipinski definition) is 2. The van der Waals surface area contributed by atoms with Crippen molar-refractivity contribution in [3.8, 4) is 0 Å². The molecule has 2 N–H and O–H groups in total. The molecule has 0 spiro atoms. The number of nitrogens with one attached hydrogen (secondary N) is 2. The largest absolute Gasteiger partial charge is 0.323 e. The first-order valence-corrected chi connectivity index (χ1v) is 6.49. The number of likely N-dealkylation sites (tertiary alicyclic amines) is 1. The highest BCUT2D eigenvalue weighted by atomic mass is 16.2. The number of aryl methyl sites for hydroxylation is 1. The van der Waals surface area contributed by atoms with E-state index in [9.17, 15) is 4.79 Å². The van der Waals surface area contributed by atoms with Gasteiger partial charge in [0.1, 0.15) is 0 Å². The molecule has 1 heterocycles. The van der Waals surface area contributed by atoms with Crippen molar-refractivity contribution in [1.29, 1.82) is 0 Å². The maximum Gasteiger partial charge on any atom is 0.321 e. The molecule has 1 atom stereocenters. The molecule has 4 nitrogen and oxygen atoms in total. The van der Waals surface area contributed by atoms with Crippen molar-refractivity contribution < 1.29 is 4.79 Å². The quantitative estimate of drug-likeness (QED) is 0.841. The van der Waals surface area contributed by atoms with Crippen LogP contribution in [0.4, 0.5) is 10.5 Å². The number of piperidine rings is 1. The van der Waals surface area contributed by atoms with E-state index in [1.165, 1.54) is 0 Å². The zero-order chi connectivity index (χ0) is 13.0. The van der Waals surface area contributed by atoms with E-state index in [4.69, 9.17) is 0 Å². The minimum absolute atomic E-state index is 0.00394. The average Bonchev–Trinajstić information content (AvgIpc) is 2.41. The van der Waals surface area contributed by atoms with Gasteiger partial charge in [-0.1, -0.05) is 18.2 Å². The highest BCUT2D eigenvalue weighted by Crippen LogP contribution is 2.16. The summed E-state index contributed by atoms with van der Waals surface area (Å²) in [5.74, 6) is 0. The Morgan fingerprint density at radius 2 is 2.17 bits per heavy atom. The van der Waals surface area contributed by atoms with E-state index in [0.717, 1.165) is 37.2 Å². The first-order valence-electron chi connectivity index (χ1n) is 6.49. The summed E-state index contributed by atoms with van der Waals surface area (Å²) in [6.45, 7) is 3.63. The van der Waals surface area contributed by atoms with Gasteiger partial charge in [0.25, 0.3) is 0 Å². The lowest BCUT2D eigenvalue weighted by atomic mass is 10.1. The Balaban J connectivity index is 1.97. The van der Waals surface area contributed by atoms with Gasteiger partial charge in [-0.25, -0.2) is 4.79 Å². The van der Waals surface area contributed by atoms with Crippen LogP contribution in [0.3, 0.4) is 0 Å². The number of carbonyl (C=O) groups is 1. The van der Waals surface area contributed by atoms with Crippen molar-refractivity contribution >= 4 is 11.7 Å². The van der Waals surface area contributed by atoms with Crippen LogP contribution < -0.4 is 10.6 Å². The van der Waals surface area contributed by atoms with Crippen molar-refractivity contribution in [1.82, 2.24) is 10.2 Å². The number of anilines is 1. The number of urea groups is 1. The fourth-order valence-corrected chi connectivity index (χ4v) is 2.30. The van der Waals surface area contributed by atoms with E-state index in [0.29, 0.717) is 6.04 Å². The van der Waals surface area contributed by atoms with Gasteiger partial charge in [-0.15, -0.1) is 0 Å². The summed E-state index contributed by atoms with van der Waals surface area (Å²) in [7, 11) is 1.95. The number of amides is 2. The fraction of sp³-hybridized carbons (Fsp3) is 0.500. The molecule has 2 rings (SSSR count). The molecular weight excluding hydrogens is 226 g/mol. The van der Waals surface area contributed by atoms with Crippen molar-refractivity contribution in [2.24, 2.45) is 0 Å². The monoisotopic (exact) mass is 247 g/mol. The fourth-order valence-electron chi connectivity index (χ4n) is 2.30. The molecule has 0 saturated carbocycles. The van der Waals surface area contributed by atoms with Crippen LogP contribution in [0.5, 0.6) is 0 Å². The SMILES string of the molecule is CN[C@@H]1CCCN(C(=O)Nc2ccccc2C)C1. The van der Waals surface area contributed by atoms with Gasteiger partial charge in [-0.3, -0.25) is 0 Å². The molecule has 1 aliphatic heterocycles. The Kier molecular flexibility index (Phi) is 4.20. The van der Waals surface area contributed by atoms with E-state index in [1.807, 2.05) is 43.1 Å². The molecule has 18 heavy (non-hydrogen) atoms. The van der Waals surface area contributed by atoms with E-state index in [2.05, 4.69) is 10.6 Å². The highest BCUT2D eigenvalue weighted by molar-refractivity contribution is 5.90. The van der Waals surface area contributed by atoms with Crippen molar-refractivity contribution in [3.05, 3.63) is 29.8 Å². The molecule has 0 radical (unpaired) electrons. The number of rotatable bonds is 2. The predicted octanol–water partition coefficient (Wildman–Crippen LogP) is 2.21. The first-order chi connectivity index (χ1) is 8.70. The smallest absolute Gasteiger partial charge is 0.321 e. The molecule has 1 saturated heterocycles. The number of nitrogens with zero attached hydrogens (tertiary/aromatic N) is 1. The summed E-state index contributed by atoms with van der Waals surface area (Å²) in [6.07, 6.45) is 2.21. The Morgan fingerprint density at radius 1 is 1.39 bits per heavy atom. The Bertz CT molecular complexity index is 419. The molecule has 0 bridgehead atoms. The van der Waals surface area contributed by atoms with Crippen molar-refractivity contribution in [2.45, 2.75) is 25.8 Å². The second kappa shape index (κ2) is 5.87. The van der Waals surface area contributed by atoms with Gasteiger partial charge in [0.15, 0.2) is 0 Å². The summed E-state index contributed by atoms with van der Waals surface area (Å²) in [5, 5.41) is 6.23. The molecule has 4 heteroatoms. The van der Waals surface area contributed by atoms with Crippen LogP contribution in [-0.4, -0.2) is 37.1 Å². The first kappa shape index (κ1) is 12.9. The van der Waals surface area contributed by atoms with Crippen LogP contribution in [-0.2, 0) is 0 Å². The maximum atomic E-state index is 12.2. The predicted molar refractivity (Wildman–Crippen MR) is 73.9 cm³/mol. The van der Waals surface area contributed by atoms with Gasteiger partial charge in [-0.2, -0.15) is 0 Å². The minimum atomic E-state index is 0.00394. The Hall–Kier alpha value is -1.55. The molecule has 1 aliphatic rings. The summed E-state index contributed by atoms with van der Waals surface area (Å²) >= 11 is 0. The minimum Gasteiger partial charge on any atom is -0.323 e. The topological polar surface area (TPSA) is 44.4 Å². The summed E-state index contributed by atoms with van der Waals surface area (Å²) in [4.78, 5) is 14.1. The number of carbonyl (C=O) groups excluding carboxylic acids is 1. The summed E-state index contributed by atoms with van der Waals surface area (Å²) < 4.78 is 0. The van der Waals surface area contributed by atoms with Gasteiger partial charge in [-0.05, 0) is 38.4 Å². The van der Waals surface area contributed by atoms with E-state index < -0.39 is 0 Å². The lowest BCUT2D eigenvalue weighted by Gasteiger charge is -2.32. The summed E-state index contributed by atoms with van der Waals surface area (Å²) in [6, 6.07) is 8.28.